The normalized spacial score (nSPS) is 12.8. The second-order valence-electron chi connectivity index (χ2n) is 7.37. The zero-order chi connectivity index (χ0) is 22.8. The molecule has 0 aliphatic heterocycles. The van der Waals surface area contributed by atoms with Gasteiger partial charge in [0.2, 0.25) is 10.0 Å². The first-order valence-corrected chi connectivity index (χ1v) is 12.2. The Kier molecular flexibility index (Phi) is 7.10. The molecule has 0 radical (unpaired) electrons. The molecule has 0 fully saturated rings. The molecule has 1 heterocycles. The van der Waals surface area contributed by atoms with Gasteiger partial charge in [-0.1, -0.05) is 11.3 Å². The summed E-state index contributed by atoms with van der Waals surface area (Å²) < 4.78 is 34.2. The monoisotopic (exact) mass is 461 g/mol. The van der Waals surface area contributed by atoms with Gasteiger partial charge in [-0.3, -0.25) is 4.79 Å². The highest BCUT2D eigenvalue weighted by molar-refractivity contribution is 7.89. The van der Waals surface area contributed by atoms with Gasteiger partial charge in [0.05, 0.1) is 21.7 Å². The van der Waals surface area contributed by atoms with Crippen LogP contribution in [0, 0.1) is 13.8 Å². The fourth-order valence-electron chi connectivity index (χ4n) is 3.05. The molecular weight excluding hydrogens is 434 g/mol. The van der Waals surface area contributed by atoms with E-state index in [9.17, 15) is 13.2 Å². The Hall–Kier alpha value is -2.33. The van der Waals surface area contributed by atoms with E-state index >= 15 is 0 Å². The van der Waals surface area contributed by atoms with Crippen LogP contribution in [0.3, 0.4) is 0 Å². The third-order valence-electron chi connectivity index (χ3n) is 5.04. The smallest absolute Gasteiger partial charge is 0.279 e. The van der Waals surface area contributed by atoms with Crippen LogP contribution in [0.4, 0.5) is 0 Å². The van der Waals surface area contributed by atoms with Gasteiger partial charge in [0.1, 0.15) is 0 Å². The number of carbonyl (C=O) groups is 1. The number of rotatable bonds is 7. The Bertz CT molecular complexity index is 1270. The second-order valence-corrected chi connectivity index (χ2v) is 10.5. The van der Waals surface area contributed by atoms with Gasteiger partial charge in [0.25, 0.3) is 5.91 Å². The molecule has 0 aliphatic carbocycles. The quantitative estimate of drug-likeness (QED) is 0.506. The molecule has 0 unspecified atom stereocenters. The van der Waals surface area contributed by atoms with Crippen LogP contribution in [-0.2, 0) is 21.3 Å². The van der Waals surface area contributed by atoms with Gasteiger partial charge in [0.15, 0.2) is 4.80 Å². The van der Waals surface area contributed by atoms with E-state index in [-0.39, 0.29) is 4.90 Å². The van der Waals surface area contributed by atoms with Crippen LogP contribution in [0.25, 0.3) is 10.2 Å². The molecule has 7 nitrogen and oxygen atoms in total. The lowest BCUT2D eigenvalue weighted by Crippen LogP contribution is -2.22. The number of thiazole rings is 1. The molecule has 3 aromatic rings. The van der Waals surface area contributed by atoms with Crippen molar-refractivity contribution < 1.29 is 17.9 Å². The molecule has 0 aliphatic rings. The van der Waals surface area contributed by atoms with Gasteiger partial charge >= 0.3 is 0 Å². The van der Waals surface area contributed by atoms with Crippen LogP contribution in [0.2, 0.25) is 0 Å². The van der Waals surface area contributed by atoms with E-state index < -0.39 is 15.9 Å². The summed E-state index contributed by atoms with van der Waals surface area (Å²) in [7, 11) is -0.612. The van der Waals surface area contributed by atoms with E-state index in [1.807, 2.05) is 11.5 Å². The third kappa shape index (κ3) is 4.95. The van der Waals surface area contributed by atoms with Crippen molar-refractivity contribution in [2.24, 2.45) is 4.99 Å². The Morgan fingerprint density at radius 2 is 1.77 bits per heavy atom. The summed E-state index contributed by atoms with van der Waals surface area (Å²) in [6, 6.07) is 10.1. The maximum absolute atomic E-state index is 12.8. The number of benzene rings is 2. The molecule has 0 spiro atoms. The summed E-state index contributed by atoms with van der Waals surface area (Å²) >= 11 is 1.46. The van der Waals surface area contributed by atoms with E-state index in [4.69, 9.17) is 4.74 Å². The first-order valence-electron chi connectivity index (χ1n) is 9.95. The number of fused-ring (bicyclic) bond motifs is 1. The molecule has 2 aromatic carbocycles. The van der Waals surface area contributed by atoms with Crippen LogP contribution >= 0.6 is 11.3 Å². The van der Waals surface area contributed by atoms with E-state index in [0.717, 1.165) is 14.5 Å². The molecule has 0 atom stereocenters. The van der Waals surface area contributed by atoms with Crippen molar-refractivity contribution >= 4 is 37.5 Å². The predicted molar refractivity (Wildman–Crippen MR) is 123 cm³/mol. The first kappa shape index (κ1) is 23.3. The van der Waals surface area contributed by atoms with Crippen molar-refractivity contribution in [3.63, 3.8) is 0 Å². The van der Waals surface area contributed by atoms with Gasteiger partial charge in [-0.05, 0) is 68.3 Å². The largest absolute Gasteiger partial charge is 0.380 e. The molecular formula is C22H27N3O4S2. The van der Waals surface area contributed by atoms with Crippen LogP contribution < -0.4 is 4.80 Å². The first-order chi connectivity index (χ1) is 14.6. The molecule has 166 valence electrons. The lowest BCUT2D eigenvalue weighted by atomic mass is 10.1. The number of aromatic nitrogens is 1. The van der Waals surface area contributed by atoms with Crippen molar-refractivity contribution in [3.05, 3.63) is 57.9 Å². The number of ether oxygens (including phenoxy) is 1. The number of hydrogen-bond donors (Lipinski definition) is 0. The summed E-state index contributed by atoms with van der Waals surface area (Å²) in [5.41, 5.74) is 3.71. The lowest BCUT2D eigenvalue weighted by Gasteiger charge is -2.11. The zero-order valence-electron chi connectivity index (χ0n) is 18.4. The minimum atomic E-state index is -3.55. The van der Waals surface area contributed by atoms with Crippen LogP contribution in [0.15, 0.2) is 46.3 Å². The van der Waals surface area contributed by atoms with Crippen LogP contribution in [0.1, 0.15) is 28.4 Å². The van der Waals surface area contributed by atoms with Gasteiger partial charge in [-0.25, -0.2) is 12.7 Å². The summed E-state index contributed by atoms with van der Waals surface area (Å²) in [5, 5.41) is 0. The van der Waals surface area contributed by atoms with Gasteiger partial charge in [-0.2, -0.15) is 4.99 Å². The molecule has 9 heteroatoms. The highest BCUT2D eigenvalue weighted by Crippen LogP contribution is 2.22. The summed E-state index contributed by atoms with van der Waals surface area (Å²) in [6.07, 6.45) is 0. The minimum Gasteiger partial charge on any atom is -0.380 e. The number of sulfonamides is 1. The van der Waals surface area contributed by atoms with Crippen molar-refractivity contribution in [2.75, 3.05) is 27.3 Å². The topological polar surface area (TPSA) is 81.0 Å². The molecule has 1 aromatic heterocycles. The summed E-state index contributed by atoms with van der Waals surface area (Å²) in [4.78, 5) is 17.9. The Morgan fingerprint density at radius 1 is 1.13 bits per heavy atom. The summed E-state index contributed by atoms with van der Waals surface area (Å²) in [5.74, 6) is -0.418. The maximum Gasteiger partial charge on any atom is 0.279 e. The van der Waals surface area contributed by atoms with E-state index in [1.54, 1.807) is 0 Å². The Labute approximate surface area is 186 Å². The molecule has 0 saturated heterocycles. The fourth-order valence-corrected chi connectivity index (χ4v) is 5.09. The second kappa shape index (κ2) is 9.44. The molecule has 31 heavy (non-hydrogen) atoms. The number of carbonyl (C=O) groups excluding carboxylic acids is 1. The average molecular weight is 462 g/mol. The van der Waals surface area contributed by atoms with Crippen molar-refractivity contribution in [1.29, 1.82) is 0 Å². The summed E-state index contributed by atoms with van der Waals surface area (Å²) in [6.45, 7) is 7.79. The van der Waals surface area contributed by atoms with Crippen molar-refractivity contribution in [1.82, 2.24) is 8.87 Å². The number of amides is 1. The number of nitrogens with zero attached hydrogens (tertiary/aromatic N) is 3. The Balaban J connectivity index is 2.02. The highest BCUT2D eigenvalue weighted by atomic mass is 32.2. The standard InChI is InChI=1S/C22H27N3O4S2/c1-6-29-12-11-25-19-13-15(2)16(3)14-20(19)30-22(25)23-21(26)17-7-9-18(10-8-17)31(27,28)24(4)5/h7-10,13-14H,6,11-12H2,1-5H3. The molecule has 1 amide bonds. The molecule has 0 saturated carbocycles. The van der Waals surface area contributed by atoms with E-state index in [0.29, 0.717) is 30.1 Å². The molecule has 0 N–H and O–H groups in total. The molecule has 0 bridgehead atoms. The van der Waals surface area contributed by atoms with Crippen molar-refractivity contribution in [2.45, 2.75) is 32.2 Å². The maximum atomic E-state index is 12.8. The van der Waals surface area contributed by atoms with Gasteiger partial charge in [-0.15, -0.1) is 0 Å². The fraction of sp³-hybridized carbons (Fsp3) is 0.364. The van der Waals surface area contributed by atoms with Gasteiger partial charge < -0.3 is 9.30 Å². The van der Waals surface area contributed by atoms with Crippen LogP contribution in [-0.4, -0.2) is 50.5 Å². The minimum absolute atomic E-state index is 0.133. The van der Waals surface area contributed by atoms with E-state index in [1.165, 1.54) is 60.8 Å². The van der Waals surface area contributed by atoms with E-state index in [2.05, 4.69) is 31.0 Å². The SMILES string of the molecule is CCOCCn1c(=NC(=O)c2ccc(S(=O)(=O)N(C)C)cc2)sc2cc(C)c(C)cc21. The molecule has 3 rings (SSSR count). The zero-order valence-corrected chi connectivity index (χ0v) is 20.0. The van der Waals surface area contributed by atoms with Crippen LogP contribution in [0.5, 0.6) is 0 Å². The highest BCUT2D eigenvalue weighted by Gasteiger charge is 2.17. The number of aryl methyl sites for hydroxylation is 2. The van der Waals surface area contributed by atoms with Crippen molar-refractivity contribution in [3.8, 4) is 0 Å². The predicted octanol–water partition coefficient (Wildman–Crippen LogP) is 3.35. The van der Waals surface area contributed by atoms with Gasteiger partial charge in [0, 0.05) is 32.8 Å². The lowest BCUT2D eigenvalue weighted by molar-refractivity contribution is 0.0996. The Morgan fingerprint density at radius 3 is 2.39 bits per heavy atom. The average Bonchev–Trinajstić information content (AvgIpc) is 3.04. The number of hydrogen-bond acceptors (Lipinski definition) is 5. The third-order valence-corrected chi connectivity index (χ3v) is 7.91.